The number of hydrazine groups is 1. The summed E-state index contributed by atoms with van der Waals surface area (Å²) < 4.78 is 4.49. The van der Waals surface area contributed by atoms with Gasteiger partial charge in [0.1, 0.15) is 6.42 Å². The molecule has 0 radical (unpaired) electrons. The Hall–Kier alpha value is -0.670. The summed E-state index contributed by atoms with van der Waals surface area (Å²) in [6.45, 7) is 1.69. The highest BCUT2D eigenvalue weighted by molar-refractivity contribution is 7.31. The molecule has 0 saturated carbocycles. The second kappa shape index (κ2) is 5.14. The van der Waals surface area contributed by atoms with Crippen molar-refractivity contribution >= 4 is 20.7 Å². The van der Waals surface area contributed by atoms with Gasteiger partial charge >= 0.3 is 5.97 Å². The van der Waals surface area contributed by atoms with Crippen LogP contribution in [0.5, 0.6) is 0 Å². The van der Waals surface area contributed by atoms with E-state index in [1.807, 2.05) is 5.43 Å². The number of carbonyl (C=O) groups is 2. The van der Waals surface area contributed by atoms with Crippen LogP contribution < -0.4 is 11.3 Å². The lowest BCUT2D eigenvalue weighted by molar-refractivity contribution is -0.137. The largest absolute Gasteiger partial charge is 0.448 e. The molecule has 0 aromatic heterocycles. The van der Waals surface area contributed by atoms with Crippen LogP contribution in [0.25, 0.3) is 0 Å². The third-order valence-corrected chi connectivity index (χ3v) is 1.11. The van der Waals surface area contributed by atoms with Gasteiger partial charge in [0.15, 0.2) is 0 Å². The Kier molecular flexibility index (Phi) is 4.80. The third kappa shape index (κ3) is 4.23. The van der Waals surface area contributed by atoms with E-state index in [2.05, 4.69) is 4.52 Å². The van der Waals surface area contributed by atoms with Crippen LogP contribution in [0.4, 0.5) is 0 Å². The normalized spacial score (nSPS) is 9.80. The van der Waals surface area contributed by atoms with Crippen LogP contribution >= 0.6 is 8.81 Å². The van der Waals surface area contributed by atoms with Crippen molar-refractivity contribution in [3.63, 3.8) is 0 Å². The number of nitrogens with two attached hydrogens (primary N) is 1. The Bertz CT molecular complexity index is 138. The number of rotatable bonds is 3. The van der Waals surface area contributed by atoms with Crippen molar-refractivity contribution in [2.45, 2.75) is 6.42 Å². The third-order valence-electron chi connectivity index (χ3n) is 0.682. The summed E-state index contributed by atoms with van der Waals surface area (Å²) in [7, 11) is 0.0687. The van der Waals surface area contributed by atoms with E-state index in [1.165, 1.54) is 0 Å². The SMILES string of the molecule is CPOC(=O)CC(=O)NN. The fourth-order valence-electron chi connectivity index (χ4n) is 0.332. The fraction of sp³-hybridized carbons (Fsp3) is 0.500. The van der Waals surface area contributed by atoms with Crippen molar-refractivity contribution in [1.29, 1.82) is 0 Å². The Morgan fingerprint density at radius 3 is 2.70 bits per heavy atom. The summed E-state index contributed by atoms with van der Waals surface area (Å²) in [5, 5.41) is 0. The summed E-state index contributed by atoms with van der Waals surface area (Å²) in [6.07, 6.45) is -0.308. The molecule has 0 fully saturated rings. The molecule has 3 N–H and O–H groups in total. The number of nitrogens with one attached hydrogen (secondary N) is 1. The molecule has 10 heavy (non-hydrogen) atoms. The molecule has 0 aliphatic carbocycles. The van der Waals surface area contributed by atoms with E-state index in [9.17, 15) is 9.59 Å². The molecule has 0 rings (SSSR count). The molecule has 1 atom stereocenters. The Labute approximate surface area is 60.1 Å². The highest BCUT2D eigenvalue weighted by Crippen LogP contribution is 2.05. The molecule has 58 valence electrons. The standard InChI is InChI=1S/C4H9N2O3P/c1-10-9-4(8)2-3(7)6-5/h10H,2,5H2,1H3,(H,6,7). The quantitative estimate of drug-likeness (QED) is 0.187. The lowest BCUT2D eigenvalue weighted by Gasteiger charge is -1.98. The van der Waals surface area contributed by atoms with E-state index in [-0.39, 0.29) is 15.2 Å². The monoisotopic (exact) mass is 164 g/mol. The topological polar surface area (TPSA) is 81.4 Å². The zero-order valence-corrected chi connectivity index (χ0v) is 6.51. The van der Waals surface area contributed by atoms with E-state index < -0.39 is 11.9 Å². The first-order valence-electron chi connectivity index (χ1n) is 2.56. The maximum absolute atomic E-state index is 10.5. The molecular weight excluding hydrogens is 155 g/mol. The molecule has 1 amide bonds. The minimum atomic E-state index is -0.552. The number of amides is 1. The molecule has 6 heteroatoms. The molecule has 0 aliphatic rings. The summed E-state index contributed by atoms with van der Waals surface area (Å²) in [4.78, 5) is 20.8. The maximum atomic E-state index is 10.5. The minimum absolute atomic E-state index is 0.0687. The first-order valence-corrected chi connectivity index (χ1v) is 3.97. The molecule has 0 saturated heterocycles. The van der Waals surface area contributed by atoms with E-state index in [0.717, 1.165) is 0 Å². The van der Waals surface area contributed by atoms with Crippen LogP contribution in [0.3, 0.4) is 0 Å². The zero-order chi connectivity index (χ0) is 7.98. The highest BCUT2D eigenvalue weighted by atomic mass is 31.1. The predicted molar refractivity (Wildman–Crippen MR) is 37.3 cm³/mol. The van der Waals surface area contributed by atoms with Crippen molar-refractivity contribution in [3.8, 4) is 0 Å². The molecule has 0 aromatic rings. The zero-order valence-electron chi connectivity index (χ0n) is 5.51. The summed E-state index contributed by atoms with van der Waals surface area (Å²) in [5.41, 5.74) is 1.82. The smallest absolute Gasteiger partial charge is 0.317 e. The van der Waals surface area contributed by atoms with Gasteiger partial charge in [0, 0.05) is 0 Å². The van der Waals surface area contributed by atoms with Crippen molar-refractivity contribution < 1.29 is 14.1 Å². The lowest BCUT2D eigenvalue weighted by atomic mass is 10.4. The molecule has 0 spiro atoms. The van der Waals surface area contributed by atoms with Crippen LogP contribution in [-0.4, -0.2) is 18.5 Å². The summed E-state index contributed by atoms with van der Waals surface area (Å²) in [6, 6.07) is 0. The highest BCUT2D eigenvalue weighted by Gasteiger charge is 2.07. The van der Waals surface area contributed by atoms with E-state index in [4.69, 9.17) is 5.84 Å². The van der Waals surface area contributed by atoms with Crippen molar-refractivity contribution in [1.82, 2.24) is 5.43 Å². The van der Waals surface area contributed by atoms with Gasteiger partial charge in [-0.3, -0.25) is 15.0 Å². The first-order chi connectivity index (χ1) is 4.70. The van der Waals surface area contributed by atoms with Gasteiger partial charge in [-0.1, -0.05) is 0 Å². The van der Waals surface area contributed by atoms with Crippen LogP contribution in [0.2, 0.25) is 0 Å². The number of hydrogen-bond donors (Lipinski definition) is 2. The summed E-state index contributed by atoms with van der Waals surface area (Å²) in [5.74, 6) is 3.62. The van der Waals surface area contributed by atoms with E-state index >= 15 is 0 Å². The molecular formula is C4H9N2O3P. The number of carbonyl (C=O) groups excluding carboxylic acids is 2. The van der Waals surface area contributed by atoms with Crippen molar-refractivity contribution in [2.24, 2.45) is 5.84 Å². The minimum Gasteiger partial charge on any atom is -0.448 e. The summed E-state index contributed by atoms with van der Waals surface area (Å²) >= 11 is 0. The second-order valence-corrected chi connectivity index (χ2v) is 2.03. The molecule has 0 aliphatic heterocycles. The first kappa shape index (κ1) is 9.33. The van der Waals surface area contributed by atoms with Crippen LogP contribution in [-0.2, 0) is 14.1 Å². The molecule has 1 unspecified atom stereocenters. The fourth-order valence-corrected chi connectivity index (χ4v) is 0.632. The molecule has 0 bridgehead atoms. The van der Waals surface area contributed by atoms with Crippen molar-refractivity contribution in [2.75, 3.05) is 6.66 Å². The Morgan fingerprint density at radius 1 is 1.70 bits per heavy atom. The lowest BCUT2D eigenvalue weighted by Crippen LogP contribution is -2.31. The predicted octanol–water partition coefficient (Wildman–Crippen LogP) is -0.867. The van der Waals surface area contributed by atoms with Crippen molar-refractivity contribution in [3.05, 3.63) is 0 Å². The van der Waals surface area contributed by atoms with E-state index in [0.29, 0.717) is 0 Å². The van der Waals surface area contributed by atoms with Gasteiger partial charge in [-0.15, -0.1) is 0 Å². The van der Waals surface area contributed by atoms with Gasteiger partial charge in [0.25, 0.3) is 0 Å². The van der Waals surface area contributed by atoms with Gasteiger partial charge in [0.05, 0.1) is 8.81 Å². The van der Waals surface area contributed by atoms with E-state index in [1.54, 1.807) is 6.66 Å². The molecule has 5 nitrogen and oxygen atoms in total. The van der Waals surface area contributed by atoms with Gasteiger partial charge in [-0.25, -0.2) is 5.84 Å². The Balaban J connectivity index is 3.47. The maximum Gasteiger partial charge on any atom is 0.317 e. The Morgan fingerprint density at radius 2 is 2.30 bits per heavy atom. The van der Waals surface area contributed by atoms with Gasteiger partial charge in [-0.05, 0) is 6.66 Å². The van der Waals surface area contributed by atoms with Crippen LogP contribution in [0.15, 0.2) is 0 Å². The van der Waals surface area contributed by atoms with Gasteiger partial charge in [0.2, 0.25) is 5.91 Å². The average molecular weight is 164 g/mol. The van der Waals surface area contributed by atoms with Gasteiger partial charge < -0.3 is 4.52 Å². The van der Waals surface area contributed by atoms with Gasteiger partial charge in [-0.2, -0.15) is 0 Å². The number of hydrogen-bond acceptors (Lipinski definition) is 4. The molecule has 0 heterocycles. The van der Waals surface area contributed by atoms with Crippen LogP contribution in [0, 0.1) is 0 Å². The average Bonchev–Trinajstić information content (AvgIpc) is 1.88. The molecule has 0 aromatic carbocycles. The van der Waals surface area contributed by atoms with Crippen LogP contribution in [0.1, 0.15) is 6.42 Å². The second-order valence-electron chi connectivity index (χ2n) is 1.42.